The van der Waals surface area contributed by atoms with Crippen molar-refractivity contribution >= 4 is 17.5 Å². The Hall–Kier alpha value is -2.70. The average molecular weight is 350 g/mol. The van der Waals surface area contributed by atoms with Gasteiger partial charge in [0.15, 0.2) is 0 Å². The van der Waals surface area contributed by atoms with Gasteiger partial charge in [0, 0.05) is 12.1 Å². The maximum absolute atomic E-state index is 12.6. The first kappa shape index (κ1) is 18.6. The highest BCUT2D eigenvalue weighted by Gasteiger charge is 2.37. The lowest BCUT2D eigenvalue weighted by atomic mass is 9.99. The molecule has 25 heavy (non-hydrogen) atoms. The molecule has 0 fully saturated rings. The van der Waals surface area contributed by atoms with Gasteiger partial charge in [-0.3, -0.25) is 9.59 Å². The van der Waals surface area contributed by atoms with Crippen molar-refractivity contribution < 1.29 is 22.8 Å². The van der Waals surface area contributed by atoms with Gasteiger partial charge >= 0.3 is 6.18 Å². The lowest BCUT2D eigenvalue weighted by molar-refractivity contribution is -0.162. The standard InChI is InChI=1S/C18H17F3N2O2/c1-3-9-23(11-18(19,20)21)17(25)14-7-8-15(22-16(14)24)13-6-4-5-12(2)10-13/h3-8,10,14H,1,9,11H2,2H3. The van der Waals surface area contributed by atoms with E-state index in [2.05, 4.69) is 11.6 Å². The second-order valence-corrected chi connectivity index (χ2v) is 5.66. The average Bonchev–Trinajstić information content (AvgIpc) is 2.52. The molecule has 2 rings (SSSR count). The highest BCUT2D eigenvalue weighted by atomic mass is 19.4. The van der Waals surface area contributed by atoms with Crippen LogP contribution in [0, 0.1) is 12.8 Å². The van der Waals surface area contributed by atoms with Gasteiger partial charge in [-0.25, -0.2) is 4.99 Å². The summed E-state index contributed by atoms with van der Waals surface area (Å²) >= 11 is 0. The minimum Gasteiger partial charge on any atom is -0.329 e. The number of benzene rings is 1. The predicted octanol–water partition coefficient (Wildman–Crippen LogP) is 3.07. The third kappa shape index (κ3) is 4.89. The summed E-state index contributed by atoms with van der Waals surface area (Å²) in [4.78, 5) is 28.9. The highest BCUT2D eigenvalue weighted by molar-refractivity contribution is 6.19. The third-order valence-electron chi connectivity index (χ3n) is 3.55. The van der Waals surface area contributed by atoms with Crippen LogP contribution in [0.1, 0.15) is 11.1 Å². The van der Waals surface area contributed by atoms with E-state index in [9.17, 15) is 22.8 Å². The van der Waals surface area contributed by atoms with E-state index >= 15 is 0 Å². The van der Waals surface area contributed by atoms with E-state index in [0.717, 1.165) is 5.56 Å². The van der Waals surface area contributed by atoms with Crippen LogP contribution in [-0.4, -0.2) is 41.7 Å². The maximum Gasteiger partial charge on any atom is 0.406 e. The number of alkyl halides is 3. The van der Waals surface area contributed by atoms with E-state index < -0.39 is 30.5 Å². The molecule has 0 aliphatic carbocycles. The normalized spacial score (nSPS) is 17.2. The molecule has 4 nitrogen and oxygen atoms in total. The van der Waals surface area contributed by atoms with Crippen molar-refractivity contribution in [2.75, 3.05) is 13.1 Å². The van der Waals surface area contributed by atoms with E-state index in [0.29, 0.717) is 16.2 Å². The van der Waals surface area contributed by atoms with Gasteiger partial charge < -0.3 is 4.90 Å². The fourth-order valence-corrected chi connectivity index (χ4v) is 2.45. The zero-order valence-electron chi connectivity index (χ0n) is 13.6. The summed E-state index contributed by atoms with van der Waals surface area (Å²) in [5.41, 5.74) is 2.05. The van der Waals surface area contributed by atoms with E-state index in [1.54, 1.807) is 12.1 Å². The van der Waals surface area contributed by atoms with E-state index in [1.807, 2.05) is 19.1 Å². The molecule has 132 valence electrons. The van der Waals surface area contributed by atoms with Crippen LogP contribution < -0.4 is 0 Å². The van der Waals surface area contributed by atoms with Crippen LogP contribution in [0.25, 0.3) is 0 Å². The number of carbonyl (C=O) groups excluding carboxylic acids is 2. The fourth-order valence-electron chi connectivity index (χ4n) is 2.45. The van der Waals surface area contributed by atoms with Crippen molar-refractivity contribution in [2.24, 2.45) is 10.9 Å². The number of allylic oxidation sites excluding steroid dienone is 1. The number of aliphatic imine (C=N–C) groups is 1. The second-order valence-electron chi connectivity index (χ2n) is 5.66. The minimum absolute atomic E-state index is 0.301. The summed E-state index contributed by atoms with van der Waals surface area (Å²) < 4.78 is 37.8. The Morgan fingerprint density at radius 2 is 2.12 bits per heavy atom. The van der Waals surface area contributed by atoms with Gasteiger partial charge in [0.05, 0.1) is 5.71 Å². The van der Waals surface area contributed by atoms with E-state index in [1.165, 1.54) is 18.2 Å². The molecule has 1 atom stereocenters. The van der Waals surface area contributed by atoms with Crippen LogP contribution in [0.5, 0.6) is 0 Å². The molecule has 0 N–H and O–H groups in total. The zero-order chi connectivity index (χ0) is 18.6. The molecule has 1 heterocycles. The van der Waals surface area contributed by atoms with Crippen molar-refractivity contribution in [1.82, 2.24) is 4.90 Å². The molecule has 7 heteroatoms. The molecule has 1 aliphatic heterocycles. The largest absolute Gasteiger partial charge is 0.406 e. The van der Waals surface area contributed by atoms with Crippen LogP contribution >= 0.6 is 0 Å². The Balaban J connectivity index is 2.19. The predicted molar refractivity (Wildman–Crippen MR) is 88.2 cm³/mol. The molecule has 0 saturated carbocycles. The summed E-state index contributed by atoms with van der Waals surface area (Å²) in [5.74, 6) is -3.07. The Labute approximate surface area is 143 Å². The van der Waals surface area contributed by atoms with Gasteiger partial charge in [0.2, 0.25) is 5.91 Å². The van der Waals surface area contributed by atoms with Gasteiger partial charge in [-0.1, -0.05) is 35.9 Å². The molecule has 0 spiro atoms. The number of halogens is 3. The van der Waals surface area contributed by atoms with Crippen molar-refractivity contribution in [2.45, 2.75) is 13.1 Å². The first-order valence-corrected chi connectivity index (χ1v) is 7.55. The molecule has 1 aliphatic rings. The quantitative estimate of drug-likeness (QED) is 0.605. The highest BCUT2D eigenvalue weighted by Crippen LogP contribution is 2.21. The second kappa shape index (κ2) is 7.46. The van der Waals surface area contributed by atoms with Gasteiger partial charge in [0.25, 0.3) is 5.91 Å². The van der Waals surface area contributed by atoms with Crippen molar-refractivity contribution in [3.8, 4) is 0 Å². The van der Waals surface area contributed by atoms with Crippen molar-refractivity contribution in [1.29, 1.82) is 0 Å². The summed E-state index contributed by atoms with van der Waals surface area (Å²) in [6.07, 6.45) is -0.599. The zero-order valence-corrected chi connectivity index (χ0v) is 13.6. The summed E-state index contributed by atoms with van der Waals surface area (Å²) in [6.45, 7) is 3.49. The molecule has 0 radical (unpaired) electrons. The first-order chi connectivity index (χ1) is 11.7. The molecule has 0 saturated heterocycles. The van der Waals surface area contributed by atoms with Crippen LogP contribution in [0.15, 0.2) is 54.1 Å². The summed E-state index contributed by atoms with van der Waals surface area (Å²) in [5, 5.41) is 0. The molecule has 1 unspecified atom stereocenters. The Morgan fingerprint density at radius 1 is 1.40 bits per heavy atom. The Morgan fingerprint density at radius 3 is 2.68 bits per heavy atom. The number of nitrogens with zero attached hydrogens (tertiary/aromatic N) is 2. The number of aryl methyl sites for hydroxylation is 1. The molecule has 1 aromatic rings. The number of rotatable bonds is 5. The van der Waals surface area contributed by atoms with Gasteiger partial charge in [0.1, 0.15) is 12.5 Å². The number of carbonyl (C=O) groups is 2. The minimum atomic E-state index is -4.56. The van der Waals surface area contributed by atoms with Crippen LogP contribution in [-0.2, 0) is 9.59 Å². The Kier molecular flexibility index (Phi) is 5.56. The van der Waals surface area contributed by atoms with Crippen molar-refractivity contribution in [3.05, 3.63) is 60.2 Å². The lowest BCUT2D eigenvalue weighted by Gasteiger charge is -2.25. The van der Waals surface area contributed by atoms with Gasteiger partial charge in [-0.05, 0) is 19.1 Å². The first-order valence-electron chi connectivity index (χ1n) is 7.55. The molecule has 2 amide bonds. The smallest absolute Gasteiger partial charge is 0.329 e. The Bertz CT molecular complexity index is 751. The van der Waals surface area contributed by atoms with Crippen LogP contribution in [0.4, 0.5) is 13.2 Å². The molecular weight excluding hydrogens is 333 g/mol. The van der Waals surface area contributed by atoms with E-state index in [-0.39, 0.29) is 6.54 Å². The van der Waals surface area contributed by atoms with Gasteiger partial charge in [-0.2, -0.15) is 13.2 Å². The number of dihydropyridines is 1. The molecular formula is C18H17F3N2O2. The van der Waals surface area contributed by atoms with E-state index in [4.69, 9.17) is 0 Å². The molecule has 1 aromatic carbocycles. The van der Waals surface area contributed by atoms with Crippen LogP contribution in [0.2, 0.25) is 0 Å². The third-order valence-corrected chi connectivity index (χ3v) is 3.55. The van der Waals surface area contributed by atoms with Crippen LogP contribution in [0.3, 0.4) is 0 Å². The van der Waals surface area contributed by atoms with Crippen molar-refractivity contribution in [3.63, 3.8) is 0 Å². The molecule has 0 aromatic heterocycles. The summed E-state index contributed by atoms with van der Waals surface area (Å²) in [6, 6.07) is 7.28. The fraction of sp³-hybridized carbons (Fsp3) is 0.278. The summed E-state index contributed by atoms with van der Waals surface area (Å²) in [7, 11) is 0. The number of amides is 2. The maximum atomic E-state index is 12.6. The topological polar surface area (TPSA) is 49.7 Å². The SMILES string of the molecule is C=CCN(CC(F)(F)F)C(=O)C1C=CC(c2cccc(C)c2)=NC1=O. The van der Waals surface area contributed by atoms with Gasteiger partial charge in [-0.15, -0.1) is 6.58 Å². The monoisotopic (exact) mass is 350 g/mol. The molecule has 0 bridgehead atoms. The number of hydrogen-bond donors (Lipinski definition) is 0. The lowest BCUT2D eigenvalue weighted by Crippen LogP contribution is -2.44. The number of hydrogen-bond acceptors (Lipinski definition) is 2.